The summed E-state index contributed by atoms with van der Waals surface area (Å²) in [4.78, 5) is 16.5. The maximum atomic E-state index is 13.7. The molecule has 1 aliphatic carbocycles. The Morgan fingerprint density at radius 1 is 0.971 bits per heavy atom. The molecular weight excluding hydrogens is 551 g/mol. The fourth-order valence-electron chi connectivity index (χ4n) is 4.39. The second kappa shape index (κ2) is 11.8. The Labute approximate surface area is 218 Å². The van der Waals surface area contributed by atoms with E-state index in [9.17, 15) is 17.6 Å². The van der Waals surface area contributed by atoms with Gasteiger partial charge in [-0.2, -0.15) is 4.31 Å². The van der Waals surface area contributed by atoms with E-state index in [0.29, 0.717) is 6.54 Å². The molecule has 4 rings (SSSR count). The van der Waals surface area contributed by atoms with E-state index < -0.39 is 10.0 Å². The van der Waals surface area contributed by atoms with E-state index in [-0.39, 0.29) is 35.8 Å². The third-order valence-corrected chi connectivity index (χ3v) is 9.56. The van der Waals surface area contributed by atoms with E-state index in [2.05, 4.69) is 15.9 Å². The van der Waals surface area contributed by atoms with Crippen LogP contribution in [0.2, 0.25) is 0 Å². The minimum Gasteiger partial charge on any atom is -0.332 e. The Balaban J connectivity index is 1.62. The summed E-state index contributed by atoms with van der Waals surface area (Å²) in [6.07, 6.45) is 4.45. The summed E-state index contributed by atoms with van der Waals surface area (Å²) in [5.41, 5.74) is 0.788. The molecule has 3 aromatic rings. The molecule has 5 nitrogen and oxygen atoms in total. The quantitative estimate of drug-likeness (QED) is 0.303. The second-order valence-corrected chi connectivity index (χ2v) is 12.6. The van der Waals surface area contributed by atoms with Crippen molar-refractivity contribution in [3.8, 4) is 0 Å². The van der Waals surface area contributed by atoms with Crippen molar-refractivity contribution >= 4 is 43.2 Å². The fourth-order valence-corrected chi connectivity index (χ4v) is 7.01. The lowest BCUT2D eigenvalue weighted by molar-refractivity contribution is -0.133. The monoisotopic (exact) mass is 578 g/mol. The van der Waals surface area contributed by atoms with Crippen LogP contribution in [-0.4, -0.2) is 36.1 Å². The van der Waals surface area contributed by atoms with E-state index >= 15 is 0 Å². The number of hydrogen-bond acceptors (Lipinski definition) is 4. The van der Waals surface area contributed by atoms with Crippen LogP contribution in [0.4, 0.5) is 4.39 Å². The molecule has 0 spiro atoms. The van der Waals surface area contributed by atoms with Crippen molar-refractivity contribution in [2.45, 2.75) is 56.1 Å². The molecule has 186 valence electrons. The zero-order chi connectivity index (χ0) is 24.8. The number of nitrogens with zero attached hydrogens (tertiary/aromatic N) is 2. The van der Waals surface area contributed by atoms with Crippen LogP contribution < -0.4 is 0 Å². The standard InChI is InChI=1S/C26H28BrFN2O3S2/c27-21-10-14-25(15-11-21)35(32,33)30(23-5-2-1-3-6-23)19-26(31)29(18-24-7-4-16-34-24)17-20-8-12-22(28)13-9-20/h4,7-16,23H,1-3,5-6,17-19H2. The van der Waals surface area contributed by atoms with Gasteiger partial charge < -0.3 is 4.90 Å². The number of amides is 1. The number of sulfonamides is 1. The topological polar surface area (TPSA) is 57.7 Å². The second-order valence-electron chi connectivity index (χ2n) is 8.75. The molecule has 1 amide bonds. The lowest BCUT2D eigenvalue weighted by atomic mass is 9.95. The number of carbonyl (C=O) groups is 1. The molecule has 1 aromatic heterocycles. The van der Waals surface area contributed by atoms with Gasteiger partial charge in [-0.15, -0.1) is 11.3 Å². The summed E-state index contributed by atoms with van der Waals surface area (Å²) in [7, 11) is -3.87. The maximum Gasteiger partial charge on any atom is 0.243 e. The number of thiophene rings is 1. The molecule has 1 heterocycles. The molecule has 0 unspecified atom stereocenters. The third kappa shape index (κ3) is 6.78. The number of halogens is 2. The van der Waals surface area contributed by atoms with Gasteiger partial charge in [-0.1, -0.05) is 53.4 Å². The van der Waals surface area contributed by atoms with Gasteiger partial charge in [-0.05, 0) is 66.2 Å². The van der Waals surface area contributed by atoms with Crippen LogP contribution in [0.1, 0.15) is 42.5 Å². The normalized spacial score (nSPS) is 14.8. The largest absolute Gasteiger partial charge is 0.332 e. The minimum atomic E-state index is -3.87. The van der Waals surface area contributed by atoms with E-state index in [1.165, 1.54) is 16.4 Å². The van der Waals surface area contributed by atoms with Gasteiger partial charge in [-0.25, -0.2) is 12.8 Å². The predicted octanol–water partition coefficient (Wildman–Crippen LogP) is 6.20. The molecule has 0 bridgehead atoms. The maximum absolute atomic E-state index is 13.7. The van der Waals surface area contributed by atoms with Crippen molar-refractivity contribution in [1.29, 1.82) is 0 Å². The highest BCUT2D eigenvalue weighted by Crippen LogP contribution is 2.29. The van der Waals surface area contributed by atoms with E-state index in [4.69, 9.17) is 0 Å². The highest BCUT2D eigenvalue weighted by molar-refractivity contribution is 9.10. The van der Waals surface area contributed by atoms with Crippen molar-refractivity contribution in [2.24, 2.45) is 0 Å². The Hall–Kier alpha value is -2.07. The summed E-state index contributed by atoms with van der Waals surface area (Å²) in [5.74, 6) is -0.608. The molecule has 1 fully saturated rings. The highest BCUT2D eigenvalue weighted by atomic mass is 79.9. The summed E-state index contributed by atoms with van der Waals surface area (Å²) < 4.78 is 43.1. The number of hydrogen-bond donors (Lipinski definition) is 0. The van der Waals surface area contributed by atoms with Crippen molar-refractivity contribution in [3.63, 3.8) is 0 Å². The molecule has 2 aromatic carbocycles. The van der Waals surface area contributed by atoms with Gasteiger partial charge in [0, 0.05) is 21.9 Å². The third-order valence-electron chi connectivity index (χ3n) is 6.26. The smallest absolute Gasteiger partial charge is 0.243 e. The molecule has 35 heavy (non-hydrogen) atoms. The van der Waals surface area contributed by atoms with Gasteiger partial charge in [-0.3, -0.25) is 4.79 Å². The van der Waals surface area contributed by atoms with Crippen LogP contribution in [-0.2, 0) is 27.9 Å². The first kappa shape index (κ1) is 26.0. The lowest BCUT2D eigenvalue weighted by Gasteiger charge is -2.34. The van der Waals surface area contributed by atoms with E-state index in [1.807, 2.05) is 17.5 Å². The number of rotatable bonds is 9. The molecule has 1 aliphatic rings. The number of benzene rings is 2. The molecule has 0 atom stereocenters. The van der Waals surface area contributed by atoms with Crippen LogP contribution in [0.15, 0.2) is 75.4 Å². The SMILES string of the molecule is O=C(CN(C1CCCCC1)S(=O)(=O)c1ccc(Br)cc1)N(Cc1ccc(F)cc1)Cc1cccs1. The summed E-state index contributed by atoms with van der Waals surface area (Å²) in [5, 5.41) is 1.95. The number of carbonyl (C=O) groups excluding carboxylic acids is 1. The Bertz CT molecular complexity index is 1210. The van der Waals surface area contributed by atoms with E-state index in [1.54, 1.807) is 52.6 Å². The van der Waals surface area contributed by atoms with Gasteiger partial charge in [0.2, 0.25) is 15.9 Å². The zero-order valence-electron chi connectivity index (χ0n) is 19.3. The summed E-state index contributed by atoms with van der Waals surface area (Å²) in [6.45, 7) is 0.411. The lowest BCUT2D eigenvalue weighted by Crippen LogP contribution is -2.47. The summed E-state index contributed by atoms with van der Waals surface area (Å²) >= 11 is 4.90. The molecule has 0 aliphatic heterocycles. The average Bonchev–Trinajstić information content (AvgIpc) is 3.37. The first-order chi connectivity index (χ1) is 16.8. The van der Waals surface area contributed by atoms with Gasteiger partial charge in [0.1, 0.15) is 5.82 Å². The van der Waals surface area contributed by atoms with E-state index in [0.717, 1.165) is 47.0 Å². The Kier molecular flexibility index (Phi) is 8.75. The first-order valence-corrected chi connectivity index (χ1v) is 14.8. The molecule has 0 saturated heterocycles. The fraction of sp³-hybridized carbons (Fsp3) is 0.346. The van der Waals surface area contributed by atoms with Crippen LogP contribution in [0.3, 0.4) is 0 Å². The van der Waals surface area contributed by atoms with Crippen LogP contribution in [0, 0.1) is 5.82 Å². The molecule has 1 saturated carbocycles. The minimum absolute atomic E-state index is 0.183. The summed E-state index contributed by atoms with van der Waals surface area (Å²) in [6, 6.07) is 16.3. The Morgan fingerprint density at radius 3 is 2.29 bits per heavy atom. The van der Waals surface area contributed by atoms with Gasteiger partial charge in [0.25, 0.3) is 0 Å². The van der Waals surface area contributed by atoms with Crippen molar-refractivity contribution in [2.75, 3.05) is 6.54 Å². The first-order valence-electron chi connectivity index (χ1n) is 11.6. The predicted molar refractivity (Wildman–Crippen MR) is 140 cm³/mol. The van der Waals surface area contributed by atoms with Gasteiger partial charge in [0.05, 0.1) is 18.0 Å². The van der Waals surface area contributed by atoms with Crippen LogP contribution >= 0.6 is 27.3 Å². The Morgan fingerprint density at radius 2 is 1.66 bits per heavy atom. The molecule has 0 radical (unpaired) electrons. The molecule has 9 heteroatoms. The van der Waals surface area contributed by atoms with Gasteiger partial charge in [0.15, 0.2) is 0 Å². The molecular formula is C26H28BrFN2O3S2. The average molecular weight is 580 g/mol. The molecule has 0 N–H and O–H groups in total. The van der Waals surface area contributed by atoms with Crippen molar-refractivity contribution in [3.05, 3.63) is 86.8 Å². The van der Waals surface area contributed by atoms with Crippen LogP contribution in [0.5, 0.6) is 0 Å². The van der Waals surface area contributed by atoms with Crippen LogP contribution in [0.25, 0.3) is 0 Å². The zero-order valence-corrected chi connectivity index (χ0v) is 22.5. The highest BCUT2D eigenvalue weighted by Gasteiger charge is 2.35. The van der Waals surface area contributed by atoms with Crippen molar-refractivity contribution < 1.29 is 17.6 Å². The van der Waals surface area contributed by atoms with Gasteiger partial charge >= 0.3 is 0 Å². The van der Waals surface area contributed by atoms with Crippen molar-refractivity contribution in [1.82, 2.24) is 9.21 Å².